The maximum Gasteiger partial charge on any atom is 0.405 e. The van der Waals surface area contributed by atoms with Gasteiger partial charge < -0.3 is 10.5 Å². The molecule has 0 aliphatic rings. The van der Waals surface area contributed by atoms with Gasteiger partial charge in [-0.1, -0.05) is 61.5 Å². The number of carbonyl (C=O) groups excluding carboxylic acids is 1. The molecule has 3 nitrogen and oxygen atoms in total. The van der Waals surface area contributed by atoms with Crippen LogP contribution in [0.2, 0.25) is 0 Å². The molecule has 2 aromatic rings. The van der Waals surface area contributed by atoms with Crippen LogP contribution in [0, 0.1) is 0 Å². The van der Waals surface area contributed by atoms with E-state index in [-0.39, 0.29) is 6.10 Å². The molecule has 98 valence electrons. The highest BCUT2D eigenvalue weighted by atomic mass is 16.6. The zero-order valence-electron chi connectivity index (χ0n) is 10.9. The molecule has 0 saturated carbocycles. The Kier molecular flexibility index (Phi) is 4.18. The van der Waals surface area contributed by atoms with E-state index in [1.54, 1.807) is 0 Å². The molecular weight excluding hydrogens is 238 g/mol. The highest BCUT2D eigenvalue weighted by molar-refractivity contribution is 5.65. The lowest BCUT2D eigenvalue weighted by Crippen LogP contribution is -2.16. The Bertz CT molecular complexity index is 534. The number of amides is 1. The van der Waals surface area contributed by atoms with Crippen molar-refractivity contribution in [1.29, 1.82) is 0 Å². The second kappa shape index (κ2) is 6.05. The molecule has 0 fully saturated rings. The fourth-order valence-electron chi connectivity index (χ4n) is 2.05. The number of rotatable bonds is 4. The van der Waals surface area contributed by atoms with Crippen LogP contribution < -0.4 is 5.73 Å². The van der Waals surface area contributed by atoms with Gasteiger partial charge in [0.05, 0.1) is 0 Å². The van der Waals surface area contributed by atoms with Gasteiger partial charge in [0.15, 0.2) is 0 Å². The SMILES string of the molecule is CCC(OC(N)=O)c1ccc(-c2ccccc2)cc1. The zero-order valence-corrected chi connectivity index (χ0v) is 10.9. The van der Waals surface area contributed by atoms with Crippen molar-refractivity contribution < 1.29 is 9.53 Å². The van der Waals surface area contributed by atoms with E-state index in [1.165, 1.54) is 0 Å². The quantitative estimate of drug-likeness (QED) is 0.900. The average Bonchev–Trinajstić information content (AvgIpc) is 2.46. The van der Waals surface area contributed by atoms with Crippen molar-refractivity contribution in [2.24, 2.45) is 5.73 Å². The molecule has 2 aromatic carbocycles. The van der Waals surface area contributed by atoms with Gasteiger partial charge in [0, 0.05) is 0 Å². The maximum atomic E-state index is 10.8. The number of ether oxygens (including phenoxy) is 1. The summed E-state index contributed by atoms with van der Waals surface area (Å²) in [5.74, 6) is 0. The highest BCUT2D eigenvalue weighted by Gasteiger charge is 2.12. The Morgan fingerprint density at radius 1 is 1.05 bits per heavy atom. The van der Waals surface area contributed by atoms with Crippen molar-refractivity contribution in [3.8, 4) is 11.1 Å². The summed E-state index contributed by atoms with van der Waals surface area (Å²) in [6, 6.07) is 18.1. The minimum Gasteiger partial charge on any atom is -0.442 e. The molecule has 0 bridgehead atoms. The zero-order chi connectivity index (χ0) is 13.7. The normalized spacial score (nSPS) is 11.8. The van der Waals surface area contributed by atoms with Crippen molar-refractivity contribution in [3.05, 3.63) is 60.2 Å². The van der Waals surface area contributed by atoms with Crippen LogP contribution in [0.5, 0.6) is 0 Å². The molecule has 0 saturated heterocycles. The van der Waals surface area contributed by atoms with Crippen LogP contribution in [-0.2, 0) is 4.74 Å². The summed E-state index contributed by atoms with van der Waals surface area (Å²) in [5.41, 5.74) is 8.33. The van der Waals surface area contributed by atoms with Gasteiger partial charge in [-0.05, 0) is 23.1 Å². The average molecular weight is 255 g/mol. The smallest absolute Gasteiger partial charge is 0.405 e. The summed E-state index contributed by atoms with van der Waals surface area (Å²) in [7, 11) is 0. The van der Waals surface area contributed by atoms with Gasteiger partial charge in [0.2, 0.25) is 0 Å². The molecule has 0 aromatic heterocycles. The first-order valence-electron chi connectivity index (χ1n) is 6.32. The summed E-state index contributed by atoms with van der Waals surface area (Å²) in [5, 5.41) is 0. The van der Waals surface area contributed by atoms with Crippen LogP contribution in [0.3, 0.4) is 0 Å². The molecule has 1 atom stereocenters. The van der Waals surface area contributed by atoms with E-state index < -0.39 is 6.09 Å². The van der Waals surface area contributed by atoms with Crippen LogP contribution >= 0.6 is 0 Å². The molecule has 0 heterocycles. The van der Waals surface area contributed by atoms with Crippen LogP contribution in [-0.4, -0.2) is 6.09 Å². The van der Waals surface area contributed by atoms with Gasteiger partial charge in [0.25, 0.3) is 0 Å². The summed E-state index contributed by atoms with van der Waals surface area (Å²) in [6.07, 6.45) is -0.311. The van der Waals surface area contributed by atoms with E-state index in [2.05, 4.69) is 12.1 Å². The Labute approximate surface area is 113 Å². The fraction of sp³-hybridized carbons (Fsp3) is 0.188. The number of primary amides is 1. The molecule has 0 radical (unpaired) electrons. The van der Waals surface area contributed by atoms with Crippen LogP contribution in [0.1, 0.15) is 25.0 Å². The monoisotopic (exact) mass is 255 g/mol. The van der Waals surface area contributed by atoms with E-state index in [9.17, 15) is 4.79 Å². The van der Waals surface area contributed by atoms with Crippen LogP contribution in [0.15, 0.2) is 54.6 Å². The minimum absolute atomic E-state index is 0.276. The lowest BCUT2D eigenvalue weighted by molar-refractivity contribution is 0.104. The fourth-order valence-corrected chi connectivity index (χ4v) is 2.05. The molecule has 0 aliphatic carbocycles. The van der Waals surface area contributed by atoms with Gasteiger partial charge in [-0.2, -0.15) is 0 Å². The Morgan fingerprint density at radius 3 is 2.16 bits per heavy atom. The molecule has 1 unspecified atom stereocenters. The minimum atomic E-state index is -0.737. The second-order valence-corrected chi connectivity index (χ2v) is 4.32. The van der Waals surface area contributed by atoms with Crippen molar-refractivity contribution in [2.75, 3.05) is 0 Å². The summed E-state index contributed by atoms with van der Waals surface area (Å²) in [6.45, 7) is 1.96. The van der Waals surface area contributed by atoms with E-state index in [0.717, 1.165) is 16.7 Å². The lowest BCUT2D eigenvalue weighted by atomic mass is 10.0. The summed E-state index contributed by atoms with van der Waals surface area (Å²) < 4.78 is 5.07. The van der Waals surface area contributed by atoms with Crippen molar-refractivity contribution in [2.45, 2.75) is 19.4 Å². The number of benzene rings is 2. The molecule has 1 amide bonds. The van der Waals surface area contributed by atoms with Crippen LogP contribution in [0.25, 0.3) is 11.1 Å². The van der Waals surface area contributed by atoms with Gasteiger partial charge in [0.1, 0.15) is 6.10 Å². The van der Waals surface area contributed by atoms with Crippen LogP contribution in [0.4, 0.5) is 4.79 Å². The molecule has 2 rings (SSSR count). The summed E-state index contributed by atoms with van der Waals surface area (Å²) in [4.78, 5) is 10.8. The number of hydrogen-bond donors (Lipinski definition) is 1. The second-order valence-electron chi connectivity index (χ2n) is 4.32. The predicted octanol–water partition coefficient (Wildman–Crippen LogP) is 3.90. The van der Waals surface area contributed by atoms with Gasteiger partial charge in [-0.15, -0.1) is 0 Å². The molecule has 3 heteroatoms. The highest BCUT2D eigenvalue weighted by Crippen LogP contribution is 2.25. The first kappa shape index (κ1) is 13.1. The van der Waals surface area contributed by atoms with E-state index in [0.29, 0.717) is 6.42 Å². The topological polar surface area (TPSA) is 52.3 Å². The lowest BCUT2D eigenvalue weighted by Gasteiger charge is -2.15. The van der Waals surface area contributed by atoms with Crippen molar-refractivity contribution in [3.63, 3.8) is 0 Å². The number of nitrogens with two attached hydrogens (primary N) is 1. The third kappa shape index (κ3) is 3.35. The summed E-state index contributed by atoms with van der Waals surface area (Å²) >= 11 is 0. The molecule has 0 aliphatic heterocycles. The first-order chi connectivity index (χ1) is 9.20. The largest absolute Gasteiger partial charge is 0.442 e. The van der Waals surface area contributed by atoms with E-state index in [1.807, 2.05) is 49.4 Å². The molecule has 0 spiro atoms. The standard InChI is InChI=1S/C16H17NO2/c1-2-15(19-16(17)18)14-10-8-13(9-11-14)12-6-4-3-5-7-12/h3-11,15H,2H2,1H3,(H2,17,18). The van der Waals surface area contributed by atoms with E-state index in [4.69, 9.17) is 10.5 Å². The Hall–Kier alpha value is -2.29. The predicted molar refractivity (Wildman–Crippen MR) is 75.6 cm³/mol. The van der Waals surface area contributed by atoms with E-state index >= 15 is 0 Å². The molecule has 19 heavy (non-hydrogen) atoms. The van der Waals surface area contributed by atoms with Gasteiger partial charge >= 0.3 is 6.09 Å². The van der Waals surface area contributed by atoms with Gasteiger partial charge in [-0.3, -0.25) is 0 Å². The number of hydrogen-bond acceptors (Lipinski definition) is 2. The van der Waals surface area contributed by atoms with Crippen molar-refractivity contribution in [1.82, 2.24) is 0 Å². The van der Waals surface area contributed by atoms with Gasteiger partial charge in [-0.25, -0.2) is 4.79 Å². The Balaban J connectivity index is 2.20. The third-order valence-corrected chi connectivity index (χ3v) is 3.02. The third-order valence-electron chi connectivity index (χ3n) is 3.02. The maximum absolute atomic E-state index is 10.8. The molecule has 2 N–H and O–H groups in total. The Morgan fingerprint density at radius 2 is 1.63 bits per heavy atom. The van der Waals surface area contributed by atoms with Crippen molar-refractivity contribution >= 4 is 6.09 Å². The first-order valence-corrected chi connectivity index (χ1v) is 6.32. The number of carbonyl (C=O) groups is 1. The molecular formula is C16H17NO2.